The number of hydrogen-bond acceptors (Lipinski definition) is 7. The molecule has 11 heteroatoms. The maximum absolute atomic E-state index is 13.7. The standard InChI is InChI=1S/C17H11F3N4O2S2/c1-7-5-11(24-26-7)23-15(25)14-13(21)12-8(17(18,19)20)6-9(22-16(12)28-14)10-3-2-4-27-10/h2-6H,21H2,1H3,(H,23,24,25). The smallest absolute Gasteiger partial charge is 0.397 e. The number of rotatable bonds is 3. The van der Waals surface area contributed by atoms with E-state index in [4.69, 9.17) is 10.3 Å². The van der Waals surface area contributed by atoms with E-state index in [1.54, 1.807) is 24.4 Å². The third-order valence-electron chi connectivity index (χ3n) is 3.85. The molecule has 0 radical (unpaired) electrons. The van der Waals surface area contributed by atoms with Gasteiger partial charge in [-0.05, 0) is 24.4 Å². The highest BCUT2D eigenvalue weighted by molar-refractivity contribution is 7.21. The molecule has 0 aliphatic heterocycles. The normalized spacial score (nSPS) is 11.9. The van der Waals surface area contributed by atoms with Crippen molar-refractivity contribution in [1.82, 2.24) is 10.1 Å². The van der Waals surface area contributed by atoms with Crippen molar-refractivity contribution in [3.63, 3.8) is 0 Å². The second-order valence-electron chi connectivity index (χ2n) is 5.83. The number of alkyl halides is 3. The molecule has 0 spiro atoms. The van der Waals surface area contributed by atoms with Crippen molar-refractivity contribution in [3.05, 3.63) is 45.8 Å². The molecular formula is C17H11F3N4O2S2. The van der Waals surface area contributed by atoms with Crippen LogP contribution in [0, 0.1) is 6.92 Å². The van der Waals surface area contributed by atoms with Gasteiger partial charge in [0.15, 0.2) is 5.82 Å². The van der Waals surface area contributed by atoms with Gasteiger partial charge in [0.1, 0.15) is 15.5 Å². The number of nitrogen functional groups attached to an aromatic ring is 1. The van der Waals surface area contributed by atoms with Crippen molar-refractivity contribution >= 4 is 50.3 Å². The predicted octanol–water partition coefficient (Wildman–Crippen LogP) is 5.17. The molecule has 144 valence electrons. The number of pyridine rings is 1. The molecular weight excluding hydrogens is 413 g/mol. The number of nitrogens with one attached hydrogen (secondary N) is 1. The number of halogens is 3. The first-order chi connectivity index (χ1) is 13.2. The summed E-state index contributed by atoms with van der Waals surface area (Å²) in [6.45, 7) is 1.64. The topological polar surface area (TPSA) is 94.0 Å². The van der Waals surface area contributed by atoms with E-state index >= 15 is 0 Å². The first kappa shape index (κ1) is 18.4. The molecule has 0 aliphatic rings. The minimum absolute atomic E-state index is 0.0391. The molecule has 4 rings (SSSR count). The molecule has 28 heavy (non-hydrogen) atoms. The Balaban J connectivity index is 1.86. The summed E-state index contributed by atoms with van der Waals surface area (Å²) in [6.07, 6.45) is -4.65. The van der Waals surface area contributed by atoms with Gasteiger partial charge in [-0.3, -0.25) is 4.79 Å². The first-order valence-electron chi connectivity index (χ1n) is 7.83. The molecule has 4 aromatic heterocycles. The number of carbonyl (C=O) groups excluding carboxylic acids is 1. The van der Waals surface area contributed by atoms with Crippen LogP contribution in [-0.2, 0) is 6.18 Å². The summed E-state index contributed by atoms with van der Waals surface area (Å²) in [6, 6.07) is 5.84. The summed E-state index contributed by atoms with van der Waals surface area (Å²) in [7, 11) is 0. The van der Waals surface area contributed by atoms with Crippen molar-refractivity contribution in [2.75, 3.05) is 11.1 Å². The fourth-order valence-corrected chi connectivity index (χ4v) is 4.36. The monoisotopic (exact) mass is 424 g/mol. The Morgan fingerprint density at radius 3 is 2.71 bits per heavy atom. The first-order valence-corrected chi connectivity index (χ1v) is 9.52. The third-order valence-corrected chi connectivity index (χ3v) is 5.84. The van der Waals surface area contributed by atoms with Gasteiger partial charge in [0.25, 0.3) is 5.91 Å². The minimum Gasteiger partial charge on any atom is -0.397 e. The summed E-state index contributed by atoms with van der Waals surface area (Å²) in [4.78, 5) is 17.4. The highest BCUT2D eigenvalue weighted by Gasteiger charge is 2.36. The zero-order valence-electron chi connectivity index (χ0n) is 14.1. The van der Waals surface area contributed by atoms with Gasteiger partial charge in [-0.15, -0.1) is 22.7 Å². The van der Waals surface area contributed by atoms with E-state index in [1.807, 2.05) is 0 Å². The Hall–Kier alpha value is -2.92. The summed E-state index contributed by atoms with van der Waals surface area (Å²) in [5.74, 6) is -0.0662. The van der Waals surface area contributed by atoms with Crippen molar-refractivity contribution in [1.29, 1.82) is 0 Å². The van der Waals surface area contributed by atoms with E-state index in [9.17, 15) is 18.0 Å². The minimum atomic E-state index is -4.65. The summed E-state index contributed by atoms with van der Waals surface area (Å²) in [5.41, 5.74) is 4.92. The number of aromatic nitrogens is 2. The number of nitrogens with zero attached hydrogens (tertiary/aromatic N) is 2. The van der Waals surface area contributed by atoms with Crippen LogP contribution in [0.5, 0.6) is 0 Å². The molecule has 0 atom stereocenters. The lowest BCUT2D eigenvalue weighted by Gasteiger charge is -2.10. The Morgan fingerprint density at radius 2 is 2.11 bits per heavy atom. The van der Waals surface area contributed by atoms with Gasteiger partial charge in [0.2, 0.25) is 0 Å². The molecule has 0 unspecified atom stereocenters. The maximum Gasteiger partial charge on any atom is 0.417 e. The average Bonchev–Trinajstić information content (AvgIpc) is 3.34. The molecule has 0 bridgehead atoms. The van der Waals surface area contributed by atoms with Crippen LogP contribution in [0.25, 0.3) is 20.8 Å². The zero-order chi connectivity index (χ0) is 20.1. The molecule has 3 N–H and O–H groups in total. The van der Waals surface area contributed by atoms with Crippen LogP contribution in [0.4, 0.5) is 24.7 Å². The molecule has 0 aliphatic carbocycles. The second-order valence-corrected chi connectivity index (χ2v) is 7.78. The Labute approximate surface area is 163 Å². The Bertz CT molecular complexity index is 1180. The van der Waals surface area contributed by atoms with Gasteiger partial charge in [-0.2, -0.15) is 13.2 Å². The van der Waals surface area contributed by atoms with E-state index in [0.717, 1.165) is 17.4 Å². The number of hydrogen-bond donors (Lipinski definition) is 2. The van der Waals surface area contributed by atoms with Crippen LogP contribution in [0.2, 0.25) is 0 Å². The largest absolute Gasteiger partial charge is 0.417 e. The lowest BCUT2D eigenvalue weighted by molar-refractivity contribution is -0.136. The fraction of sp³-hybridized carbons (Fsp3) is 0.118. The summed E-state index contributed by atoms with van der Waals surface area (Å²) >= 11 is 2.07. The molecule has 6 nitrogen and oxygen atoms in total. The molecule has 0 fully saturated rings. The number of thiophene rings is 2. The molecule has 0 saturated heterocycles. The predicted molar refractivity (Wildman–Crippen MR) is 102 cm³/mol. The number of amides is 1. The van der Waals surface area contributed by atoms with Crippen molar-refractivity contribution in [2.45, 2.75) is 13.1 Å². The maximum atomic E-state index is 13.7. The molecule has 1 amide bonds. The van der Waals surface area contributed by atoms with Crippen LogP contribution >= 0.6 is 22.7 Å². The highest BCUT2D eigenvalue weighted by atomic mass is 32.1. The van der Waals surface area contributed by atoms with Gasteiger partial charge in [-0.25, -0.2) is 4.98 Å². The average molecular weight is 424 g/mol. The summed E-state index contributed by atoms with van der Waals surface area (Å²) in [5, 5.41) is 7.56. The quantitative estimate of drug-likeness (QED) is 0.473. The molecule has 4 heterocycles. The van der Waals surface area contributed by atoms with E-state index in [1.165, 1.54) is 17.4 Å². The van der Waals surface area contributed by atoms with Crippen molar-refractivity contribution < 1.29 is 22.5 Å². The van der Waals surface area contributed by atoms with Crippen LogP contribution in [0.1, 0.15) is 21.0 Å². The van der Waals surface area contributed by atoms with Crippen LogP contribution in [-0.4, -0.2) is 16.0 Å². The van der Waals surface area contributed by atoms with E-state index in [0.29, 0.717) is 10.6 Å². The van der Waals surface area contributed by atoms with Crippen LogP contribution < -0.4 is 11.1 Å². The number of fused-ring (bicyclic) bond motifs is 1. The second kappa shape index (κ2) is 6.60. The van der Waals surface area contributed by atoms with Gasteiger partial charge >= 0.3 is 6.18 Å². The number of nitrogens with two attached hydrogens (primary N) is 1. The van der Waals surface area contributed by atoms with Crippen molar-refractivity contribution in [2.24, 2.45) is 0 Å². The van der Waals surface area contributed by atoms with Gasteiger partial charge in [-0.1, -0.05) is 11.2 Å². The SMILES string of the molecule is Cc1cc(NC(=O)c2sc3nc(-c4cccs4)cc(C(F)(F)F)c3c2N)no1. The van der Waals surface area contributed by atoms with Crippen molar-refractivity contribution in [3.8, 4) is 10.6 Å². The fourth-order valence-electron chi connectivity index (χ4n) is 2.66. The van der Waals surface area contributed by atoms with E-state index in [2.05, 4.69) is 15.5 Å². The number of carbonyl (C=O) groups is 1. The number of anilines is 2. The van der Waals surface area contributed by atoms with Crippen LogP contribution in [0.15, 0.2) is 34.2 Å². The lowest BCUT2D eigenvalue weighted by atomic mass is 10.1. The van der Waals surface area contributed by atoms with Gasteiger partial charge < -0.3 is 15.6 Å². The van der Waals surface area contributed by atoms with Gasteiger partial charge in [0.05, 0.1) is 21.8 Å². The Kier molecular flexibility index (Phi) is 4.35. The molecule has 4 aromatic rings. The Morgan fingerprint density at radius 1 is 1.32 bits per heavy atom. The van der Waals surface area contributed by atoms with Crippen LogP contribution in [0.3, 0.4) is 0 Å². The van der Waals surface area contributed by atoms with E-state index < -0.39 is 17.6 Å². The molecule has 0 saturated carbocycles. The highest BCUT2D eigenvalue weighted by Crippen LogP contribution is 2.44. The van der Waals surface area contributed by atoms with Gasteiger partial charge in [0, 0.05) is 11.5 Å². The summed E-state index contributed by atoms with van der Waals surface area (Å²) < 4.78 is 45.9. The lowest BCUT2D eigenvalue weighted by Crippen LogP contribution is -2.12. The number of aryl methyl sites for hydroxylation is 1. The third kappa shape index (κ3) is 3.22. The van der Waals surface area contributed by atoms with E-state index in [-0.39, 0.29) is 32.3 Å². The zero-order valence-corrected chi connectivity index (χ0v) is 15.8. The molecule has 0 aromatic carbocycles.